The number of hydrogen-bond donors (Lipinski definition) is 3. The highest BCUT2D eigenvalue weighted by Gasteiger charge is 2.43. The molecule has 3 rings (SSSR count). The lowest BCUT2D eigenvalue weighted by Crippen LogP contribution is -2.54. The quantitative estimate of drug-likeness (QED) is 0.274. The number of carboxylic acids is 1. The summed E-state index contributed by atoms with van der Waals surface area (Å²) in [6.07, 6.45) is 16.6. The average molecular weight is 444 g/mol. The predicted molar refractivity (Wildman–Crippen MR) is 129 cm³/mol. The summed E-state index contributed by atoms with van der Waals surface area (Å²) in [4.78, 5) is 12.0. The molecule has 2 fully saturated rings. The van der Waals surface area contributed by atoms with Gasteiger partial charge in [0.2, 0.25) is 0 Å². The van der Waals surface area contributed by atoms with Crippen LogP contribution in [0.15, 0.2) is 23.1 Å². The summed E-state index contributed by atoms with van der Waals surface area (Å²) in [6.45, 7) is 6.30. The van der Waals surface area contributed by atoms with Gasteiger partial charge in [-0.2, -0.15) is 0 Å². The Balaban J connectivity index is 1.71. The van der Waals surface area contributed by atoms with Crippen molar-refractivity contribution in [3.8, 4) is 0 Å². The molecular formula is C27H41NO4. The minimum atomic E-state index is -2.03. The molecule has 32 heavy (non-hydrogen) atoms. The van der Waals surface area contributed by atoms with E-state index in [1.165, 1.54) is 25.7 Å². The van der Waals surface area contributed by atoms with Crippen molar-refractivity contribution in [2.45, 2.75) is 102 Å². The molecule has 5 heteroatoms. The van der Waals surface area contributed by atoms with E-state index in [9.17, 15) is 15.0 Å². The van der Waals surface area contributed by atoms with E-state index in [0.29, 0.717) is 17.8 Å². The van der Waals surface area contributed by atoms with Crippen LogP contribution in [0.5, 0.6) is 0 Å². The zero-order chi connectivity index (χ0) is 23.1. The van der Waals surface area contributed by atoms with Crippen LogP contribution in [0.3, 0.4) is 0 Å². The number of hydrogen-bond acceptors (Lipinski definition) is 4. The van der Waals surface area contributed by atoms with Crippen LogP contribution in [-0.4, -0.2) is 27.8 Å². The first-order valence-electron chi connectivity index (χ1n) is 12.5. The van der Waals surface area contributed by atoms with Gasteiger partial charge in [0.25, 0.3) is 0 Å². The third-order valence-electron chi connectivity index (χ3n) is 6.97. The van der Waals surface area contributed by atoms with Crippen molar-refractivity contribution in [1.29, 1.82) is 0 Å². The topological polar surface area (TPSA) is 96.7 Å². The number of rotatable bonds is 16. The molecule has 4 N–H and O–H groups in total. The highest BCUT2D eigenvalue weighted by molar-refractivity contribution is 5.83. The van der Waals surface area contributed by atoms with Gasteiger partial charge in [-0.3, -0.25) is 0 Å². The first-order valence-corrected chi connectivity index (χ1v) is 12.5. The van der Waals surface area contributed by atoms with Gasteiger partial charge in [0, 0.05) is 24.4 Å². The van der Waals surface area contributed by atoms with E-state index in [2.05, 4.69) is 19.6 Å². The zero-order valence-corrected chi connectivity index (χ0v) is 19.7. The van der Waals surface area contributed by atoms with Gasteiger partial charge in [-0.1, -0.05) is 70.9 Å². The Morgan fingerprint density at radius 3 is 2.59 bits per heavy atom. The average Bonchev–Trinajstić information content (AvgIpc) is 3.69. The minimum Gasteiger partial charge on any atom is -0.479 e. The van der Waals surface area contributed by atoms with Gasteiger partial charge in [-0.25, -0.2) is 4.79 Å². The normalized spacial score (nSPS) is 19.2. The fourth-order valence-electron chi connectivity index (χ4n) is 4.30. The Morgan fingerprint density at radius 1 is 1.28 bits per heavy atom. The van der Waals surface area contributed by atoms with Crippen LogP contribution in [0.25, 0.3) is 11.6 Å². The number of furan rings is 1. The number of aliphatic carboxylic acids is 1. The maximum atomic E-state index is 12.0. The van der Waals surface area contributed by atoms with Crippen molar-refractivity contribution in [3.05, 3.63) is 35.8 Å². The second-order valence-corrected chi connectivity index (χ2v) is 10.0. The van der Waals surface area contributed by atoms with E-state index >= 15 is 0 Å². The summed E-state index contributed by atoms with van der Waals surface area (Å²) in [7, 11) is 0. The van der Waals surface area contributed by atoms with Crippen LogP contribution in [0.1, 0.15) is 101 Å². The molecule has 1 aromatic rings. The molecule has 2 unspecified atom stereocenters. The van der Waals surface area contributed by atoms with Crippen LogP contribution in [0.2, 0.25) is 0 Å². The first kappa shape index (κ1) is 24.8. The van der Waals surface area contributed by atoms with E-state index in [0.717, 1.165) is 68.1 Å². The fourth-order valence-corrected chi connectivity index (χ4v) is 4.30. The second-order valence-electron chi connectivity index (χ2n) is 10.0. The minimum absolute atomic E-state index is 0.107. The number of unbranched alkanes of at least 4 members (excludes halogenated alkanes) is 2. The van der Waals surface area contributed by atoms with E-state index in [4.69, 9.17) is 10.2 Å². The molecule has 0 spiro atoms. The smallest absolute Gasteiger partial charge is 0.337 e. The monoisotopic (exact) mass is 443 g/mol. The van der Waals surface area contributed by atoms with Crippen molar-refractivity contribution in [2.24, 2.45) is 17.6 Å². The van der Waals surface area contributed by atoms with Gasteiger partial charge in [0.05, 0.1) is 0 Å². The van der Waals surface area contributed by atoms with E-state index in [1.807, 2.05) is 12.1 Å². The Labute approximate surface area is 192 Å². The zero-order valence-electron chi connectivity index (χ0n) is 19.7. The summed E-state index contributed by atoms with van der Waals surface area (Å²) in [5.41, 5.74) is 5.53. The lowest BCUT2D eigenvalue weighted by atomic mass is 9.83. The number of allylic oxidation sites excluding steroid dienone is 1. The molecule has 2 saturated carbocycles. The maximum absolute atomic E-state index is 12.0. The van der Waals surface area contributed by atoms with Gasteiger partial charge in [0.1, 0.15) is 11.5 Å². The molecule has 0 aromatic carbocycles. The highest BCUT2D eigenvalue weighted by Crippen LogP contribution is 2.37. The fraction of sp³-hybridized carbons (Fsp3) is 0.667. The summed E-state index contributed by atoms with van der Waals surface area (Å²) in [6, 6.07) is 1.14. The molecule has 5 nitrogen and oxygen atoms in total. The molecular weight excluding hydrogens is 402 g/mol. The van der Waals surface area contributed by atoms with Crippen LogP contribution in [0.4, 0.5) is 0 Å². The molecule has 0 radical (unpaired) electrons. The molecule has 0 saturated heterocycles. The molecule has 178 valence electrons. The van der Waals surface area contributed by atoms with Crippen molar-refractivity contribution >= 4 is 17.6 Å². The third kappa shape index (κ3) is 7.08. The SMILES string of the molecule is C=C(CC(O)(C(=O)O)C(N)CCCC1CC1)c1cc(CCC2CC2)oc1/C=C\CCCC. The number of carbonyl (C=O) groups is 1. The lowest BCUT2D eigenvalue weighted by Gasteiger charge is -2.30. The standard InChI is InChI=1S/C27H41NO4/c1-3-4-5-6-9-24-23(17-22(32-24)16-15-21-13-14-21)19(2)18-27(31,26(29)30)25(28)10-7-8-20-11-12-20/h6,9,17,20-21,25,31H,2-5,7-8,10-16,18,28H2,1H3,(H,29,30)/b9-6-. The predicted octanol–water partition coefficient (Wildman–Crippen LogP) is 5.95. The summed E-state index contributed by atoms with van der Waals surface area (Å²) < 4.78 is 6.12. The van der Waals surface area contributed by atoms with Crippen LogP contribution in [0, 0.1) is 11.8 Å². The number of aryl methyl sites for hydroxylation is 1. The van der Waals surface area contributed by atoms with Crippen LogP contribution in [-0.2, 0) is 11.2 Å². The van der Waals surface area contributed by atoms with Crippen molar-refractivity contribution in [2.75, 3.05) is 0 Å². The molecule has 1 heterocycles. The lowest BCUT2D eigenvalue weighted by molar-refractivity contribution is -0.160. The number of nitrogens with two attached hydrogens (primary N) is 1. The molecule has 2 aliphatic rings. The van der Waals surface area contributed by atoms with Crippen molar-refractivity contribution in [3.63, 3.8) is 0 Å². The Morgan fingerprint density at radius 2 is 1.97 bits per heavy atom. The van der Waals surface area contributed by atoms with Gasteiger partial charge in [0.15, 0.2) is 5.60 Å². The molecule has 2 atom stereocenters. The van der Waals surface area contributed by atoms with Gasteiger partial charge >= 0.3 is 5.97 Å². The highest BCUT2D eigenvalue weighted by atomic mass is 16.4. The summed E-state index contributed by atoms with van der Waals surface area (Å²) in [5, 5.41) is 20.9. The first-order chi connectivity index (χ1) is 15.3. The maximum Gasteiger partial charge on any atom is 0.337 e. The van der Waals surface area contributed by atoms with Gasteiger partial charge in [-0.05, 0) is 48.8 Å². The molecule has 1 aromatic heterocycles. The van der Waals surface area contributed by atoms with Crippen molar-refractivity contribution < 1.29 is 19.4 Å². The Kier molecular flexibility index (Phi) is 8.78. The Hall–Kier alpha value is -1.85. The van der Waals surface area contributed by atoms with Gasteiger partial charge < -0.3 is 20.4 Å². The third-order valence-corrected chi connectivity index (χ3v) is 6.97. The van der Waals surface area contributed by atoms with Crippen LogP contribution < -0.4 is 5.73 Å². The second kappa shape index (κ2) is 11.3. The summed E-state index contributed by atoms with van der Waals surface area (Å²) >= 11 is 0. The van der Waals surface area contributed by atoms with E-state index in [-0.39, 0.29) is 6.42 Å². The Bertz CT molecular complexity index is 803. The van der Waals surface area contributed by atoms with Crippen molar-refractivity contribution in [1.82, 2.24) is 0 Å². The number of carboxylic acid groups (broad SMARTS) is 1. The van der Waals surface area contributed by atoms with Crippen LogP contribution >= 0.6 is 0 Å². The largest absolute Gasteiger partial charge is 0.479 e. The molecule has 0 aliphatic heterocycles. The van der Waals surface area contributed by atoms with E-state index < -0.39 is 17.6 Å². The molecule has 0 amide bonds. The molecule has 2 aliphatic carbocycles. The molecule has 0 bridgehead atoms. The summed E-state index contributed by atoms with van der Waals surface area (Å²) in [5.74, 6) is 1.89. The van der Waals surface area contributed by atoms with Gasteiger partial charge in [-0.15, -0.1) is 0 Å². The number of aliphatic hydroxyl groups is 1. The van der Waals surface area contributed by atoms with E-state index in [1.54, 1.807) is 0 Å².